The molecule has 2 heterocycles. The van der Waals surface area contributed by atoms with Gasteiger partial charge in [0.05, 0.1) is 18.4 Å². The maximum atomic E-state index is 12.7. The molecule has 2 aromatic rings. The van der Waals surface area contributed by atoms with E-state index >= 15 is 0 Å². The number of aromatic nitrogens is 3. The first-order valence-corrected chi connectivity index (χ1v) is 12.2. The summed E-state index contributed by atoms with van der Waals surface area (Å²) in [5.74, 6) is 1.46. The standard InChI is InChI=1S/C21H30N4O3S2/c1-6-9-25-18(12(2)3)23-24-21(25)29-11-16(26)22-19-17(20(27)28-5)14-8-7-13(4)10-15(14)30-19/h12-13H,6-11H2,1-5H3,(H,22,26). The van der Waals surface area contributed by atoms with Crippen molar-refractivity contribution in [1.29, 1.82) is 0 Å². The largest absolute Gasteiger partial charge is 0.465 e. The second-order valence-corrected chi connectivity index (χ2v) is 10.1. The number of nitrogens with one attached hydrogen (secondary N) is 1. The van der Waals surface area contributed by atoms with Crippen LogP contribution >= 0.6 is 23.1 Å². The van der Waals surface area contributed by atoms with E-state index in [0.717, 1.165) is 48.8 Å². The van der Waals surface area contributed by atoms with Crippen LogP contribution in [0, 0.1) is 5.92 Å². The Morgan fingerprint density at radius 1 is 1.37 bits per heavy atom. The van der Waals surface area contributed by atoms with E-state index in [1.807, 2.05) is 0 Å². The number of hydrogen-bond donors (Lipinski definition) is 1. The summed E-state index contributed by atoms with van der Waals surface area (Å²) in [5, 5.41) is 12.9. The molecule has 0 bridgehead atoms. The van der Waals surface area contributed by atoms with E-state index in [-0.39, 0.29) is 23.5 Å². The Balaban J connectivity index is 1.74. The summed E-state index contributed by atoms with van der Waals surface area (Å²) in [7, 11) is 1.38. The van der Waals surface area contributed by atoms with Gasteiger partial charge in [-0.3, -0.25) is 4.79 Å². The monoisotopic (exact) mass is 450 g/mol. The maximum Gasteiger partial charge on any atom is 0.341 e. The Morgan fingerprint density at radius 3 is 2.80 bits per heavy atom. The number of thiophene rings is 1. The number of fused-ring (bicyclic) bond motifs is 1. The molecule has 0 spiro atoms. The average Bonchev–Trinajstić information content (AvgIpc) is 3.26. The van der Waals surface area contributed by atoms with Gasteiger partial charge in [-0.05, 0) is 37.2 Å². The third-order valence-electron chi connectivity index (χ3n) is 5.20. The van der Waals surface area contributed by atoms with Gasteiger partial charge in [-0.1, -0.05) is 39.5 Å². The highest BCUT2D eigenvalue weighted by Crippen LogP contribution is 2.40. The minimum atomic E-state index is -0.380. The molecule has 0 aromatic carbocycles. The molecule has 0 fully saturated rings. The number of nitrogens with zero attached hydrogens (tertiary/aromatic N) is 3. The highest BCUT2D eigenvalue weighted by atomic mass is 32.2. The van der Waals surface area contributed by atoms with Gasteiger partial charge in [-0.15, -0.1) is 21.5 Å². The van der Waals surface area contributed by atoms with Crippen LogP contribution < -0.4 is 5.32 Å². The number of hydrogen-bond acceptors (Lipinski definition) is 7. The molecule has 0 radical (unpaired) electrons. The highest BCUT2D eigenvalue weighted by Gasteiger charge is 2.29. The highest BCUT2D eigenvalue weighted by molar-refractivity contribution is 7.99. The Bertz CT molecular complexity index is 920. The normalized spacial score (nSPS) is 15.9. The van der Waals surface area contributed by atoms with Gasteiger partial charge in [0.25, 0.3) is 0 Å². The average molecular weight is 451 g/mol. The molecule has 0 aliphatic heterocycles. The second-order valence-electron chi connectivity index (χ2n) is 8.03. The molecule has 164 valence electrons. The molecule has 1 amide bonds. The number of esters is 1. The van der Waals surface area contributed by atoms with Crippen molar-refractivity contribution in [3.63, 3.8) is 0 Å². The summed E-state index contributed by atoms with van der Waals surface area (Å²) < 4.78 is 7.09. The summed E-state index contributed by atoms with van der Waals surface area (Å²) in [5.41, 5.74) is 1.57. The molecule has 3 rings (SSSR count). The third-order valence-corrected chi connectivity index (χ3v) is 7.33. The lowest BCUT2D eigenvalue weighted by atomic mass is 9.88. The number of methoxy groups -OCH3 is 1. The van der Waals surface area contributed by atoms with Crippen molar-refractivity contribution < 1.29 is 14.3 Å². The Hall–Kier alpha value is -1.87. The van der Waals surface area contributed by atoms with Crippen molar-refractivity contribution in [2.45, 2.75) is 71.0 Å². The van der Waals surface area contributed by atoms with Gasteiger partial charge in [0.15, 0.2) is 5.16 Å². The predicted octanol–water partition coefficient (Wildman–Crippen LogP) is 4.52. The SMILES string of the molecule is CCCn1c(SCC(=O)Nc2sc3c(c2C(=O)OC)CCC(C)C3)nnc1C(C)C. The fourth-order valence-electron chi connectivity index (χ4n) is 3.72. The number of rotatable bonds is 8. The molecule has 7 nitrogen and oxygen atoms in total. The number of ether oxygens (including phenoxy) is 1. The van der Waals surface area contributed by atoms with Crippen LogP contribution in [0.3, 0.4) is 0 Å². The summed E-state index contributed by atoms with van der Waals surface area (Å²) in [6, 6.07) is 0. The fraction of sp³-hybridized carbons (Fsp3) is 0.619. The van der Waals surface area contributed by atoms with Crippen LogP contribution in [-0.2, 0) is 28.9 Å². The van der Waals surface area contributed by atoms with Crippen LogP contribution in [0.2, 0.25) is 0 Å². The van der Waals surface area contributed by atoms with Gasteiger partial charge >= 0.3 is 5.97 Å². The molecule has 1 atom stereocenters. The first-order chi connectivity index (χ1) is 14.3. The summed E-state index contributed by atoms with van der Waals surface area (Å²) in [4.78, 5) is 26.3. The van der Waals surface area contributed by atoms with Crippen LogP contribution in [0.1, 0.15) is 73.1 Å². The van der Waals surface area contributed by atoms with Gasteiger partial charge < -0.3 is 14.6 Å². The Kier molecular flexibility index (Phi) is 7.57. The van der Waals surface area contributed by atoms with Crippen LogP contribution in [0.25, 0.3) is 0 Å². The van der Waals surface area contributed by atoms with Gasteiger partial charge in [-0.2, -0.15) is 0 Å². The molecule has 30 heavy (non-hydrogen) atoms. The van der Waals surface area contributed by atoms with Gasteiger partial charge in [0.1, 0.15) is 10.8 Å². The van der Waals surface area contributed by atoms with E-state index in [9.17, 15) is 9.59 Å². The zero-order valence-corrected chi connectivity index (χ0v) is 19.9. The van der Waals surface area contributed by atoms with E-state index < -0.39 is 0 Å². The molecule has 1 aliphatic carbocycles. The molecule has 2 aromatic heterocycles. The fourth-order valence-corrected chi connectivity index (χ4v) is 5.90. The zero-order valence-electron chi connectivity index (χ0n) is 18.3. The smallest absolute Gasteiger partial charge is 0.341 e. The van der Waals surface area contributed by atoms with Crippen molar-refractivity contribution in [3.8, 4) is 0 Å². The molecule has 1 N–H and O–H groups in total. The van der Waals surface area contributed by atoms with E-state index in [1.165, 1.54) is 35.1 Å². The van der Waals surface area contributed by atoms with Crippen LogP contribution in [0.15, 0.2) is 5.16 Å². The molecular formula is C21H30N4O3S2. The lowest BCUT2D eigenvalue weighted by Crippen LogP contribution is -2.17. The maximum absolute atomic E-state index is 12.7. The quantitative estimate of drug-likeness (QED) is 0.470. The Labute approximate surface area is 186 Å². The van der Waals surface area contributed by atoms with E-state index in [0.29, 0.717) is 16.5 Å². The second kappa shape index (κ2) is 9.96. The minimum Gasteiger partial charge on any atom is -0.465 e. The van der Waals surface area contributed by atoms with Crippen LogP contribution in [-0.4, -0.2) is 39.5 Å². The van der Waals surface area contributed by atoms with Crippen LogP contribution in [0.5, 0.6) is 0 Å². The molecule has 1 aliphatic rings. The lowest BCUT2D eigenvalue weighted by molar-refractivity contribution is -0.113. The predicted molar refractivity (Wildman–Crippen MR) is 121 cm³/mol. The summed E-state index contributed by atoms with van der Waals surface area (Å²) in [6.45, 7) is 9.33. The van der Waals surface area contributed by atoms with Gasteiger partial charge in [0, 0.05) is 17.3 Å². The molecule has 0 saturated carbocycles. The Morgan fingerprint density at radius 2 is 2.13 bits per heavy atom. The first kappa shape index (κ1) is 22.8. The van der Waals surface area contributed by atoms with E-state index in [4.69, 9.17) is 4.74 Å². The summed E-state index contributed by atoms with van der Waals surface area (Å²) >= 11 is 2.88. The topological polar surface area (TPSA) is 86.1 Å². The van der Waals surface area contributed by atoms with Crippen molar-refractivity contribution in [1.82, 2.24) is 14.8 Å². The first-order valence-electron chi connectivity index (χ1n) is 10.4. The number of anilines is 1. The van der Waals surface area contributed by atoms with E-state index in [2.05, 4.69) is 47.8 Å². The third kappa shape index (κ3) is 4.88. The number of thioether (sulfide) groups is 1. The molecule has 1 unspecified atom stereocenters. The van der Waals surface area contributed by atoms with Crippen molar-refractivity contribution >= 4 is 40.0 Å². The number of carbonyl (C=O) groups excluding carboxylic acids is 2. The van der Waals surface area contributed by atoms with Crippen molar-refractivity contribution in [2.24, 2.45) is 5.92 Å². The lowest BCUT2D eigenvalue weighted by Gasteiger charge is -2.18. The minimum absolute atomic E-state index is 0.158. The van der Waals surface area contributed by atoms with Crippen molar-refractivity contribution in [2.75, 3.05) is 18.2 Å². The van der Waals surface area contributed by atoms with Gasteiger partial charge in [-0.25, -0.2) is 4.79 Å². The number of amides is 1. The summed E-state index contributed by atoms with van der Waals surface area (Å²) in [6.07, 6.45) is 3.80. The van der Waals surface area contributed by atoms with Gasteiger partial charge in [0.2, 0.25) is 5.91 Å². The van der Waals surface area contributed by atoms with Crippen molar-refractivity contribution in [3.05, 3.63) is 21.8 Å². The molecule has 9 heteroatoms. The zero-order chi connectivity index (χ0) is 21.8. The molecule has 0 saturated heterocycles. The van der Waals surface area contributed by atoms with E-state index in [1.54, 1.807) is 0 Å². The number of carbonyl (C=O) groups is 2. The van der Waals surface area contributed by atoms with Crippen LogP contribution in [0.4, 0.5) is 5.00 Å². The molecular weight excluding hydrogens is 420 g/mol.